The standard InChI is InChI=1S/C16H17ClO/c17-11-15-6-3-9-18-16(15)14-8-7-12-4-1-2-5-13(12)10-14/h1-2,4-5,7-8,10,15-16H,3,6,9,11H2. The number of halogens is 1. The van der Waals surface area contributed by atoms with E-state index in [2.05, 4.69) is 42.5 Å². The molecule has 18 heavy (non-hydrogen) atoms. The number of benzene rings is 2. The fourth-order valence-electron chi connectivity index (χ4n) is 2.75. The van der Waals surface area contributed by atoms with Gasteiger partial charge in [0, 0.05) is 18.4 Å². The number of rotatable bonds is 2. The van der Waals surface area contributed by atoms with E-state index in [-0.39, 0.29) is 6.10 Å². The summed E-state index contributed by atoms with van der Waals surface area (Å²) in [5, 5.41) is 2.55. The monoisotopic (exact) mass is 260 g/mol. The molecule has 2 unspecified atom stereocenters. The van der Waals surface area contributed by atoms with Gasteiger partial charge in [-0.3, -0.25) is 0 Å². The molecule has 2 heteroatoms. The third-order valence-electron chi connectivity index (χ3n) is 3.75. The average molecular weight is 261 g/mol. The van der Waals surface area contributed by atoms with Crippen LogP contribution in [0.2, 0.25) is 0 Å². The zero-order valence-electron chi connectivity index (χ0n) is 10.3. The summed E-state index contributed by atoms with van der Waals surface area (Å²) in [6, 6.07) is 15.0. The minimum atomic E-state index is 0.167. The van der Waals surface area contributed by atoms with E-state index in [1.54, 1.807) is 0 Å². The van der Waals surface area contributed by atoms with Gasteiger partial charge in [-0.05, 0) is 35.2 Å². The van der Waals surface area contributed by atoms with Crippen LogP contribution in [0.3, 0.4) is 0 Å². The van der Waals surface area contributed by atoms with Crippen molar-refractivity contribution in [1.29, 1.82) is 0 Å². The lowest BCUT2D eigenvalue weighted by atomic mass is 9.90. The highest BCUT2D eigenvalue weighted by Crippen LogP contribution is 2.35. The second kappa shape index (κ2) is 5.29. The summed E-state index contributed by atoms with van der Waals surface area (Å²) in [4.78, 5) is 0. The lowest BCUT2D eigenvalue weighted by Gasteiger charge is -2.31. The van der Waals surface area contributed by atoms with Gasteiger partial charge in [0.15, 0.2) is 0 Å². The van der Waals surface area contributed by atoms with E-state index in [0.717, 1.165) is 13.0 Å². The van der Waals surface area contributed by atoms with E-state index in [9.17, 15) is 0 Å². The minimum absolute atomic E-state index is 0.167. The van der Waals surface area contributed by atoms with Crippen molar-refractivity contribution in [1.82, 2.24) is 0 Å². The normalized spacial score (nSPS) is 24.3. The fourth-order valence-corrected chi connectivity index (χ4v) is 3.07. The van der Waals surface area contributed by atoms with Crippen LogP contribution < -0.4 is 0 Å². The Morgan fingerprint density at radius 2 is 1.94 bits per heavy atom. The van der Waals surface area contributed by atoms with Crippen molar-refractivity contribution in [2.75, 3.05) is 12.5 Å². The van der Waals surface area contributed by atoms with Crippen LogP contribution in [0.5, 0.6) is 0 Å². The van der Waals surface area contributed by atoms with Crippen LogP contribution in [0.4, 0.5) is 0 Å². The fraction of sp³-hybridized carbons (Fsp3) is 0.375. The molecule has 0 amide bonds. The van der Waals surface area contributed by atoms with Crippen molar-refractivity contribution in [3.8, 4) is 0 Å². The lowest BCUT2D eigenvalue weighted by Crippen LogP contribution is -2.23. The van der Waals surface area contributed by atoms with Gasteiger partial charge in [0.25, 0.3) is 0 Å². The third-order valence-corrected chi connectivity index (χ3v) is 4.14. The van der Waals surface area contributed by atoms with Crippen LogP contribution in [-0.2, 0) is 4.74 Å². The molecular weight excluding hydrogens is 244 g/mol. The summed E-state index contributed by atoms with van der Waals surface area (Å²) in [7, 11) is 0. The predicted molar refractivity (Wildman–Crippen MR) is 76.1 cm³/mol. The smallest absolute Gasteiger partial charge is 0.0864 e. The maximum atomic E-state index is 6.06. The van der Waals surface area contributed by atoms with Crippen LogP contribution in [0.1, 0.15) is 24.5 Å². The van der Waals surface area contributed by atoms with E-state index >= 15 is 0 Å². The summed E-state index contributed by atoms with van der Waals surface area (Å²) in [6.45, 7) is 0.852. The van der Waals surface area contributed by atoms with Gasteiger partial charge in [0.1, 0.15) is 0 Å². The molecule has 3 rings (SSSR count). The van der Waals surface area contributed by atoms with E-state index in [1.165, 1.54) is 22.8 Å². The summed E-state index contributed by atoms with van der Waals surface area (Å²) >= 11 is 6.06. The molecule has 2 aromatic rings. The zero-order chi connectivity index (χ0) is 12.4. The lowest BCUT2D eigenvalue weighted by molar-refractivity contribution is -0.0207. The van der Waals surface area contributed by atoms with Crippen molar-refractivity contribution in [2.45, 2.75) is 18.9 Å². The Kier molecular flexibility index (Phi) is 3.53. The van der Waals surface area contributed by atoms with Crippen LogP contribution >= 0.6 is 11.6 Å². The average Bonchev–Trinajstić information content (AvgIpc) is 2.46. The van der Waals surface area contributed by atoms with Gasteiger partial charge in [-0.1, -0.05) is 36.4 Å². The molecule has 1 heterocycles. The molecular formula is C16H17ClO. The van der Waals surface area contributed by atoms with E-state index in [0.29, 0.717) is 11.8 Å². The Morgan fingerprint density at radius 1 is 1.11 bits per heavy atom. The zero-order valence-corrected chi connectivity index (χ0v) is 11.1. The molecule has 94 valence electrons. The number of ether oxygens (including phenoxy) is 1. The first-order valence-corrected chi connectivity index (χ1v) is 7.08. The first kappa shape index (κ1) is 12.0. The summed E-state index contributed by atoms with van der Waals surface area (Å²) in [6.07, 6.45) is 2.46. The molecule has 1 aliphatic rings. The molecule has 0 N–H and O–H groups in total. The maximum absolute atomic E-state index is 6.06. The van der Waals surface area contributed by atoms with Crippen molar-refractivity contribution < 1.29 is 4.74 Å². The summed E-state index contributed by atoms with van der Waals surface area (Å²) < 4.78 is 5.93. The number of hydrogen-bond acceptors (Lipinski definition) is 1. The second-order valence-electron chi connectivity index (χ2n) is 4.95. The molecule has 1 saturated heterocycles. The molecule has 0 aromatic heterocycles. The Balaban J connectivity index is 1.97. The Bertz CT molecular complexity index is 537. The summed E-state index contributed by atoms with van der Waals surface area (Å²) in [5.74, 6) is 1.12. The van der Waals surface area contributed by atoms with E-state index in [1.807, 2.05) is 0 Å². The molecule has 1 aliphatic heterocycles. The van der Waals surface area contributed by atoms with Crippen LogP contribution in [0, 0.1) is 5.92 Å². The van der Waals surface area contributed by atoms with Crippen LogP contribution in [0.25, 0.3) is 10.8 Å². The van der Waals surface area contributed by atoms with Gasteiger partial charge in [-0.15, -0.1) is 11.6 Å². The van der Waals surface area contributed by atoms with Gasteiger partial charge in [0.2, 0.25) is 0 Å². The van der Waals surface area contributed by atoms with Gasteiger partial charge in [-0.2, -0.15) is 0 Å². The predicted octanol–water partition coefficient (Wildman–Crippen LogP) is 4.55. The molecule has 0 aliphatic carbocycles. The Labute approximate surface area is 113 Å². The van der Waals surface area contributed by atoms with Crippen molar-refractivity contribution >= 4 is 22.4 Å². The molecule has 0 radical (unpaired) electrons. The molecule has 1 fully saturated rings. The molecule has 0 bridgehead atoms. The highest BCUT2D eigenvalue weighted by molar-refractivity contribution is 6.18. The SMILES string of the molecule is ClCC1CCCOC1c1ccc2ccccc2c1. The van der Waals surface area contributed by atoms with E-state index in [4.69, 9.17) is 16.3 Å². The Hall–Kier alpha value is -1.05. The van der Waals surface area contributed by atoms with Crippen LogP contribution in [0.15, 0.2) is 42.5 Å². The summed E-state index contributed by atoms with van der Waals surface area (Å²) in [5.41, 5.74) is 1.26. The first-order valence-electron chi connectivity index (χ1n) is 6.55. The van der Waals surface area contributed by atoms with Gasteiger partial charge >= 0.3 is 0 Å². The Morgan fingerprint density at radius 3 is 2.78 bits per heavy atom. The third kappa shape index (κ3) is 2.25. The van der Waals surface area contributed by atoms with Crippen molar-refractivity contribution in [2.24, 2.45) is 5.92 Å². The maximum Gasteiger partial charge on any atom is 0.0864 e. The first-order chi connectivity index (χ1) is 8.88. The largest absolute Gasteiger partial charge is 0.373 e. The molecule has 2 aromatic carbocycles. The molecule has 1 nitrogen and oxygen atoms in total. The highest BCUT2D eigenvalue weighted by atomic mass is 35.5. The van der Waals surface area contributed by atoms with Gasteiger partial charge in [0.05, 0.1) is 6.10 Å². The van der Waals surface area contributed by atoms with Gasteiger partial charge < -0.3 is 4.74 Å². The molecule has 2 atom stereocenters. The topological polar surface area (TPSA) is 9.23 Å². The van der Waals surface area contributed by atoms with Gasteiger partial charge in [-0.25, -0.2) is 0 Å². The number of alkyl halides is 1. The van der Waals surface area contributed by atoms with Crippen LogP contribution in [-0.4, -0.2) is 12.5 Å². The molecule has 0 saturated carbocycles. The minimum Gasteiger partial charge on any atom is -0.373 e. The quantitative estimate of drug-likeness (QED) is 0.720. The van der Waals surface area contributed by atoms with Crippen molar-refractivity contribution in [3.05, 3.63) is 48.0 Å². The van der Waals surface area contributed by atoms with E-state index < -0.39 is 0 Å². The highest BCUT2D eigenvalue weighted by Gasteiger charge is 2.26. The molecule has 0 spiro atoms. The van der Waals surface area contributed by atoms with Crippen molar-refractivity contribution in [3.63, 3.8) is 0 Å². The number of fused-ring (bicyclic) bond motifs is 1. The number of hydrogen-bond donors (Lipinski definition) is 0. The second-order valence-corrected chi connectivity index (χ2v) is 5.26.